The molecule has 0 saturated carbocycles. The summed E-state index contributed by atoms with van der Waals surface area (Å²) >= 11 is 0. The van der Waals surface area contributed by atoms with E-state index >= 15 is 0 Å². The van der Waals surface area contributed by atoms with Crippen LogP contribution in [0.1, 0.15) is 28.5 Å². The maximum atomic E-state index is 14.3. The number of urea groups is 1. The van der Waals surface area contributed by atoms with E-state index in [4.69, 9.17) is 4.74 Å². The number of carbonyl (C=O) groups is 2. The first-order valence-corrected chi connectivity index (χ1v) is 11.2. The highest BCUT2D eigenvalue weighted by atomic mass is 19.1. The molecule has 0 radical (unpaired) electrons. The largest absolute Gasteiger partial charge is 0.378 e. The lowest BCUT2D eigenvalue weighted by Gasteiger charge is -2.38. The second-order valence-electron chi connectivity index (χ2n) is 8.52. The molecule has 3 amide bonds. The van der Waals surface area contributed by atoms with Gasteiger partial charge in [0.15, 0.2) is 11.5 Å². The van der Waals surface area contributed by atoms with Gasteiger partial charge in [-0.05, 0) is 11.6 Å². The number of pyridine rings is 1. The van der Waals surface area contributed by atoms with Gasteiger partial charge in [0.2, 0.25) is 5.95 Å². The van der Waals surface area contributed by atoms with Crippen LogP contribution in [0.5, 0.6) is 0 Å². The average Bonchev–Trinajstić information content (AvgIpc) is 3.33. The second kappa shape index (κ2) is 9.49. The van der Waals surface area contributed by atoms with Gasteiger partial charge in [-0.15, -0.1) is 0 Å². The van der Waals surface area contributed by atoms with Crippen LogP contribution in [0.15, 0.2) is 29.8 Å². The number of carbonyl (C=O) groups excluding carboxylic acids is 2. The van der Waals surface area contributed by atoms with Crippen molar-refractivity contribution >= 4 is 24.1 Å². The molecule has 0 bridgehead atoms. The van der Waals surface area contributed by atoms with Crippen LogP contribution < -0.4 is 4.90 Å². The molecule has 0 aromatic carbocycles. The lowest BCUT2D eigenvalue weighted by molar-refractivity contribution is -0.0197. The predicted molar refractivity (Wildman–Crippen MR) is 120 cm³/mol. The number of anilines is 1. The summed E-state index contributed by atoms with van der Waals surface area (Å²) in [5, 5.41) is 5.54. The van der Waals surface area contributed by atoms with E-state index in [0.717, 1.165) is 12.4 Å². The quantitative estimate of drug-likeness (QED) is 0.641. The van der Waals surface area contributed by atoms with Crippen LogP contribution in [0.3, 0.4) is 0 Å². The molecule has 35 heavy (non-hydrogen) atoms. The van der Waals surface area contributed by atoms with Gasteiger partial charge in [-0.25, -0.2) is 28.6 Å². The van der Waals surface area contributed by atoms with Crippen molar-refractivity contribution in [1.29, 1.82) is 0 Å². The van der Waals surface area contributed by atoms with Crippen molar-refractivity contribution in [2.45, 2.75) is 18.6 Å². The van der Waals surface area contributed by atoms with E-state index in [2.05, 4.69) is 20.1 Å². The van der Waals surface area contributed by atoms with Gasteiger partial charge in [-0.1, -0.05) is 0 Å². The van der Waals surface area contributed by atoms with Crippen LogP contribution in [0.2, 0.25) is 0 Å². The second-order valence-corrected chi connectivity index (χ2v) is 8.52. The number of hydrogen-bond acceptors (Lipinski definition) is 8. The first-order valence-electron chi connectivity index (χ1n) is 11.2. The summed E-state index contributed by atoms with van der Waals surface area (Å²) in [6.45, 7) is 2.27. The minimum Gasteiger partial charge on any atom is -0.378 e. The Morgan fingerprint density at radius 3 is 2.54 bits per heavy atom. The molecule has 0 aliphatic carbocycles. The average molecular weight is 486 g/mol. The molecule has 0 N–H and O–H groups in total. The highest BCUT2D eigenvalue weighted by molar-refractivity contribution is 5.93. The first-order chi connectivity index (χ1) is 16.9. The molecule has 5 heterocycles. The van der Waals surface area contributed by atoms with Crippen molar-refractivity contribution in [3.63, 3.8) is 0 Å². The van der Waals surface area contributed by atoms with Crippen LogP contribution in [0.25, 0.3) is 0 Å². The Kier molecular flexibility index (Phi) is 6.24. The summed E-state index contributed by atoms with van der Waals surface area (Å²) in [6, 6.07) is 0.635. The van der Waals surface area contributed by atoms with Crippen molar-refractivity contribution < 1.29 is 23.1 Å². The predicted octanol–water partition coefficient (Wildman–Crippen LogP) is 1.30. The number of aromatic nitrogens is 3. The minimum atomic E-state index is -0.779. The van der Waals surface area contributed by atoms with Gasteiger partial charge in [-0.3, -0.25) is 9.78 Å². The number of amides is 3. The van der Waals surface area contributed by atoms with Crippen LogP contribution >= 0.6 is 0 Å². The summed E-state index contributed by atoms with van der Waals surface area (Å²) in [6.07, 6.45) is 5.69. The number of nitrogens with zero attached hydrogens (tertiary/aromatic N) is 8. The molecular weight excluding hydrogens is 462 g/mol. The molecule has 2 saturated heterocycles. The number of hydrogen-bond donors (Lipinski definition) is 0. The van der Waals surface area contributed by atoms with Gasteiger partial charge in [0.1, 0.15) is 5.82 Å². The number of rotatable bonds is 4. The highest BCUT2D eigenvalue weighted by Gasteiger charge is 2.35. The van der Waals surface area contributed by atoms with Crippen LogP contribution in [-0.2, 0) is 4.74 Å². The molecule has 5 rings (SSSR count). The Hall–Kier alpha value is -3.74. The van der Waals surface area contributed by atoms with Crippen LogP contribution in [0.4, 0.5) is 19.5 Å². The van der Waals surface area contributed by atoms with E-state index in [1.165, 1.54) is 22.2 Å². The fourth-order valence-corrected chi connectivity index (χ4v) is 4.29. The SMILES string of the molecule is COC1CN(C(=O)c2nc(N3CCN(C(=O)N4N=CC[C@H]4c4cncc(F)c4)CC3)ncc2F)C1. The van der Waals surface area contributed by atoms with Crippen LogP contribution in [-0.4, -0.2) is 100 Å². The van der Waals surface area contributed by atoms with Crippen LogP contribution in [0, 0.1) is 11.6 Å². The smallest absolute Gasteiger partial charge is 0.341 e. The maximum Gasteiger partial charge on any atom is 0.341 e. The van der Waals surface area contributed by atoms with E-state index < -0.39 is 23.6 Å². The molecule has 13 heteroatoms. The molecule has 1 atom stereocenters. The molecule has 2 aromatic rings. The van der Waals surface area contributed by atoms with Gasteiger partial charge in [0, 0.05) is 65.2 Å². The van der Waals surface area contributed by atoms with E-state index in [1.54, 1.807) is 23.1 Å². The summed E-state index contributed by atoms with van der Waals surface area (Å²) in [5.74, 6) is -1.52. The number of ether oxygens (including phenoxy) is 1. The van der Waals surface area contributed by atoms with Gasteiger partial charge >= 0.3 is 6.03 Å². The van der Waals surface area contributed by atoms with Crippen molar-refractivity contribution in [3.8, 4) is 0 Å². The van der Waals surface area contributed by atoms with Gasteiger partial charge in [0.25, 0.3) is 5.91 Å². The van der Waals surface area contributed by atoms with Crippen molar-refractivity contribution in [3.05, 3.63) is 47.5 Å². The highest BCUT2D eigenvalue weighted by Crippen LogP contribution is 2.29. The molecule has 3 aliphatic rings. The van der Waals surface area contributed by atoms with Crippen molar-refractivity contribution in [2.75, 3.05) is 51.3 Å². The zero-order valence-electron chi connectivity index (χ0n) is 19.0. The summed E-state index contributed by atoms with van der Waals surface area (Å²) in [7, 11) is 1.56. The Morgan fingerprint density at radius 1 is 1.06 bits per heavy atom. The van der Waals surface area contributed by atoms with Gasteiger partial charge in [-0.2, -0.15) is 5.10 Å². The third-order valence-electron chi connectivity index (χ3n) is 6.37. The monoisotopic (exact) mass is 486 g/mol. The zero-order valence-corrected chi connectivity index (χ0v) is 19.0. The van der Waals surface area contributed by atoms with Gasteiger partial charge < -0.3 is 19.4 Å². The lowest BCUT2D eigenvalue weighted by atomic mass is 10.1. The van der Waals surface area contributed by atoms with E-state index in [9.17, 15) is 18.4 Å². The number of halogens is 2. The first kappa shape index (κ1) is 23.0. The number of methoxy groups -OCH3 is 1. The Morgan fingerprint density at radius 2 is 1.83 bits per heavy atom. The van der Waals surface area contributed by atoms with E-state index in [0.29, 0.717) is 51.3 Å². The normalized spacial score (nSPS) is 20.4. The van der Waals surface area contributed by atoms with Crippen molar-refractivity contribution in [2.24, 2.45) is 5.10 Å². The molecule has 3 aliphatic heterocycles. The van der Waals surface area contributed by atoms with E-state index in [-0.39, 0.29) is 23.8 Å². The zero-order chi connectivity index (χ0) is 24.5. The molecule has 0 unspecified atom stereocenters. The lowest BCUT2D eigenvalue weighted by Crippen LogP contribution is -2.55. The molecule has 184 valence electrons. The summed E-state index contributed by atoms with van der Waals surface area (Å²) in [5.41, 5.74) is 0.298. The van der Waals surface area contributed by atoms with E-state index in [1.807, 2.05) is 0 Å². The van der Waals surface area contributed by atoms with Gasteiger partial charge in [0.05, 0.1) is 24.5 Å². The standard InChI is InChI=1S/C22H24F2N8O3/c1-35-16-12-31(13-16)20(33)19-17(24)11-26-21(28-19)29-4-6-30(7-5-29)22(34)32-18(2-3-27-32)14-8-15(23)10-25-9-14/h3,8-11,16,18H,2,4-7,12-13H2,1H3/t18-/m0/s1. The number of likely N-dealkylation sites (tertiary alicyclic amines) is 1. The Labute approximate surface area is 200 Å². The molecule has 11 nitrogen and oxygen atoms in total. The maximum absolute atomic E-state index is 14.3. The summed E-state index contributed by atoms with van der Waals surface area (Å²) in [4.78, 5) is 42.8. The summed E-state index contributed by atoms with van der Waals surface area (Å²) < 4.78 is 33.1. The molecular formula is C22H24F2N8O3. The third kappa shape index (κ3) is 4.50. The fourth-order valence-electron chi connectivity index (χ4n) is 4.29. The molecule has 2 aromatic heterocycles. The Balaban J connectivity index is 1.22. The third-order valence-corrected chi connectivity index (χ3v) is 6.37. The molecule has 0 spiro atoms. The molecule has 2 fully saturated rings. The Bertz CT molecular complexity index is 1150. The topological polar surface area (TPSA) is 107 Å². The van der Waals surface area contributed by atoms with Crippen molar-refractivity contribution in [1.82, 2.24) is 29.8 Å². The number of piperazine rings is 1. The minimum absolute atomic E-state index is 0.0503. The number of hydrazone groups is 1. The fraction of sp³-hybridized carbons (Fsp3) is 0.455.